The Bertz CT molecular complexity index is 463. The molecule has 7 heteroatoms. The van der Waals surface area contributed by atoms with Crippen molar-refractivity contribution in [2.75, 3.05) is 25.6 Å². The highest BCUT2D eigenvalue weighted by molar-refractivity contribution is 5.71. The number of nitrogens with one attached hydrogen (secondary N) is 1. The molecule has 0 aromatic heterocycles. The molecular weight excluding hydrogens is 257 g/mol. The molecule has 2 N–H and O–H groups in total. The fourth-order valence-corrected chi connectivity index (χ4v) is 1.23. The van der Waals surface area contributed by atoms with Gasteiger partial charge in [0.15, 0.2) is 6.61 Å². The molecule has 0 atom stereocenters. The highest BCUT2D eigenvalue weighted by Crippen LogP contribution is 2.21. The summed E-state index contributed by atoms with van der Waals surface area (Å²) in [5, 5.41) is 11.1. The number of benzene rings is 1. The zero-order valence-electron chi connectivity index (χ0n) is 10.3. The van der Waals surface area contributed by atoms with E-state index < -0.39 is 17.8 Å². The molecule has 1 aromatic carbocycles. The van der Waals surface area contributed by atoms with Crippen LogP contribution in [0.4, 0.5) is 10.1 Å². The molecule has 0 fully saturated rings. The van der Waals surface area contributed by atoms with E-state index in [1.807, 2.05) is 0 Å². The minimum Gasteiger partial charge on any atom is -0.482 e. The molecule has 0 saturated carbocycles. The molecule has 0 heterocycles. The molecule has 1 aromatic rings. The number of methoxy groups -OCH3 is 1. The number of halogens is 1. The lowest BCUT2D eigenvalue weighted by molar-refractivity contribution is -0.143. The predicted octanol–water partition coefficient (Wildman–Crippen LogP) is 1.26. The van der Waals surface area contributed by atoms with Crippen LogP contribution in [0.5, 0.6) is 5.75 Å². The van der Waals surface area contributed by atoms with Crippen LogP contribution in [0, 0.1) is 5.82 Å². The van der Waals surface area contributed by atoms with Crippen LogP contribution in [0.1, 0.15) is 6.42 Å². The summed E-state index contributed by atoms with van der Waals surface area (Å²) in [6, 6.07) is 3.87. The highest BCUT2D eigenvalue weighted by Gasteiger charge is 2.07. The number of carboxylic acids is 1. The molecular formula is C12H14FNO5. The van der Waals surface area contributed by atoms with Gasteiger partial charge in [-0.1, -0.05) is 0 Å². The number of anilines is 1. The summed E-state index contributed by atoms with van der Waals surface area (Å²) >= 11 is 0. The smallest absolute Gasteiger partial charge is 0.343 e. The third kappa shape index (κ3) is 5.24. The number of aliphatic carboxylic acids is 1. The van der Waals surface area contributed by atoms with Gasteiger partial charge in [0.2, 0.25) is 0 Å². The molecule has 0 unspecified atom stereocenters. The molecule has 0 aliphatic rings. The third-order valence-corrected chi connectivity index (χ3v) is 2.18. The molecule has 0 spiro atoms. The van der Waals surface area contributed by atoms with Gasteiger partial charge in [0.05, 0.1) is 19.2 Å². The summed E-state index contributed by atoms with van der Waals surface area (Å²) in [4.78, 5) is 21.2. The maximum atomic E-state index is 13.4. The number of hydrogen-bond donors (Lipinski definition) is 2. The maximum Gasteiger partial charge on any atom is 0.343 e. The second-order valence-corrected chi connectivity index (χ2v) is 3.58. The summed E-state index contributed by atoms with van der Waals surface area (Å²) < 4.78 is 22.9. The number of esters is 1. The van der Waals surface area contributed by atoms with Gasteiger partial charge in [0, 0.05) is 12.6 Å². The van der Waals surface area contributed by atoms with E-state index in [2.05, 4.69) is 10.1 Å². The van der Waals surface area contributed by atoms with Crippen molar-refractivity contribution in [3.63, 3.8) is 0 Å². The zero-order chi connectivity index (χ0) is 14.3. The Morgan fingerprint density at radius 1 is 1.42 bits per heavy atom. The molecule has 0 radical (unpaired) electrons. The van der Waals surface area contributed by atoms with Crippen LogP contribution in [-0.2, 0) is 14.3 Å². The number of ether oxygens (including phenoxy) is 2. The van der Waals surface area contributed by atoms with Gasteiger partial charge in [-0.3, -0.25) is 4.79 Å². The van der Waals surface area contributed by atoms with E-state index in [1.54, 1.807) is 0 Å². The molecule has 104 valence electrons. The minimum atomic E-state index is -0.981. The van der Waals surface area contributed by atoms with Gasteiger partial charge in [0.25, 0.3) is 0 Å². The molecule has 6 nitrogen and oxygen atoms in total. The van der Waals surface area contributed by atoms with Crippen molar-refractivity contribution in [3.8, 4) is 5.75 Å². The topological polar surface area (TPSA) is 84.9 Å². The normalized spacial score (nSPS) is 9.79. The fraction of sp³-hybridized carbons (Fsp3) is 0.333. The van der Waals surface area contributed by atoms with E-state index in [1.165, 1.54) is 19.2 Å². The lowest BCUT2D eigenvalue weighted by atomic mass is 10.2. The first-order valence-electron chi connectivity index (χ1n) is 5.47. The van der Waals surface area contributed by atoms with E-state index in [-0.39, 0.29) is 31.0 Å². The lowest BCUT2D eigenvalue weighted by Gasteiger charge is -2.09. The first-order valence-corrected chi connectivity index (χ1v) is 5.47. The third-order valence-electron chi connectivity index (χ3n) is 2.18. The number of carbonyl (C=O) groups is 2. The fourth-order valence-electron chi connectivity index (χ4n) is 1.23. The molecule has 0 aliphatic heterocycles. The monoisotopic (exact) mass is 271 g/mol. The highest BCUT2D eigenvalue weighted by atomic mass is 19.1. The van der Waals surface area contributed by atoms with Gasteiger partial charge < -0.3 is 19.9 Å². The average molecular weight is 271 g/mol. The summed E-state index contributed by atoms with van der Waals surface area (Å²) in [5.41, 5.74) is 0.114. The van der Waals surface area contributed by atoms with Crippen LogP contribution in [0.15, 0.2) is 18.2 Å². The van der Waals surface area contributed by atoms with E-state index in [0.717, 1.165) is 6.07 Å². The number of carboxylic acid groups (broad SMARTS) is 1. The van der Waals surface area contributed by atoms with Crippen LogP contribution in [0.3, 0.4) is 0 Å². The molecule has 0 bridgehead atoms. The lowest BCUT2D eigenvalue weighted by Crippen LogP contribution is -2.13. The van der Waals surface area contributed by atoms with Crippen LogP contribution >= 0.6 is 0 Å². The number of carbonyl (C=O) groups excluding carboxylic acids is 1. The summed E-state index contributed by atoms with van der Waals surface area (Å²) in [6.07, 6.45) is -0.132. The van der Waals surface area contributed by atoms with Gasteiger partial charge in [-0.05, 0) is 12.1 Å². The second kappa shape index (κ2) is 7.20. The van der Waals surface area contributed by atoms with Gasteiger partial charge in [-0.25, -0.2) is 9.18 Å². The minimum absolute atomic E-state index is 0.0900. The molecule has 1 rings (SSSR count). The van der Waals surface area contributed by atoms with Crippen molar-refractivity contribution < 1.29 is 28.6 Å². The standard InChI is InChI=1S/C12H14FNO5/c1-18-12(17)7-19-8-2-3-9(13)10(6-8)14-5-4-11(15)16/h2-3,6,14H,4-5,7H2,1H3,(H,15,16). The van der Waals surface area contributed by atoms with Gasteiger partial charge in [-0.15, -0.1) is 0 Å². The Labute approximate surface area is 109 Å². The Balaban J connectivity index is 2.60. The molecule has 0 amide bonds. The van der Waals surface area contributed by atoms with Crippen LogP contribution in [0.2, 0.25) is 0 Å². The van der Waals surface area contributed by atoms with Crippen molar-refractivity contribution in [1.82, 2.24) is 0 Å². The maximum absolute atomic E-state index is 13.4. The van der Waals surface area contributed by atoms with Crippen molar-refractivity contribution in [1.29, 1.82) is 0 Å². The molecule has 19 heavy (non-hydrogen) atoms. The average Bonchev–Trinajstić information content (AvgIpc) is 2.38. The van der Waals surface area contributed by atoms with Gasteiger partial charge >= 0.3 is 11.9 Å². The SMILES string of the molecule is COC(=O)COc1ccc(F)c(NCCC(=O)O)c1. The quantitative estimate of drug-likeness (QED) is 0.726. The van der Waals surface area contributed by atoms with Crippen molar-refractivity contribution in [3.05, 3.63) is 24.0 Å². The van der Waals surface area contributed by atoms with Crippen LogP contribution in [-0.4, -0.2) is 37.3 Å². The Morgan fingerprint density at radius 2 is 2.16 bits per heavy atom. The summed E-state index contributed by atoms with van der Waals surface area (Å²) in [6.45, 7) is -0.191. The first kappa shape index (κ1) is 14.7. The zero-order valence-corrected chi connectivity index (χ0v) is 10.3. The first-order chi connectivity index (χ1) is 9.02. The van der Waals surface area contributed by atoms with E-state index >= 15 is 0 Å². The molecule has 0 aliphatic carbocycles. The van der Waals surface area contributed by atoms with Gasteiger partial charge in [-0.2, -0.15) is 0 Å². The number of hydrogen-bond acceptors (Lipinski definition) is 5. The largest absolute Gasteiger partial charge is 0.482 e. The van der Waals surface area contributed by atoms with Gasteiger partial charge in [0.1, 0.15) is 11.6 Å². The van der Waals surface area contributed by atoms with E-state index in [9.17, 15) is 14.0 Å². The Kier molecular flexibility index (Phi) is 5.59. The molecule has 0 saturated heterocycles. The van der Waals surface area contributed by atoms with Crippen molar-refractivity contribution in [2.24, 2.45) is 0 Å². The van der Waals surface area contributed by atoms with Crippen LogP contribution in [0.25, 0.3) is 0 Å². The predicted molar refractivity (Wildman–Crippen MR) is 64.7 cm³/mol. The van der Waals surface area contributed by atoms with E-state index in [4.69, 9.17) is 9.84 Å². The second-order valence-electron chi connectivity index (χ2n) is 3.58. The van der Waals surface area contributed by atoms with Crippen molar-refractivity contribution in [2.45, 2.75) is 6.42 Å². The van der Waals surface area contributed by atoms with E-state index in [0.29, 0.717) is 0 Å². The Hall–Kier alpha value is -2.31. The number of rotatable bonds is 7. The summed E-state index contributed by atoms with van der Waals surface area (Å²) in [5.74, 6) is -1.78. The summed E-state index contributed by atoms with van der Waals surface area (Å²) in [7, 11) is 1.23. The van der Waals surface area contributed by atoms with Crippen molar-refractivity contribution >= 4 is 17.6 Å². The Morgan fingerprint density at radius 3 is 2.79 bits per heavy atom. The van der Waals surface area contributed by atoms with Crippen LogP contribution < -0.4 is 10.1 Å².